The van der Waals surface area contributed by atoms with E-state index in [2.05, 4.69) is 93.5 Å². The number of hydrogen-bond acceptors (Lipinski definition) is 5. The lowest BCUT2D eigenvalue weighted by molar-refractivity contribution is 0.242. The molecule has 3 rings (SSSR count). The van der Waals surface area contributed by atoms with Gasteiger partial charge >= 0.3 is 7.82 Å². The van der Waals surface area contributed by atoms with Crippen molar-refractivity contribution >= 4 is 19.6 Å². The third kappa shape index (κ3) is 6.67. The minimum atomic E-state index is -3.92. The summed E-state index contributed by atoms with van der Waals surface area (Å²) in [7, 11) is -2.53. The van der Waals surface area contributed by atoms with E-state index < -0.39 is 7.82 Å². The zero-order valence-electron chi connectivity index (χ0n) is 23.4. The lowest BCUT2D eigenvalue weighted by Gasteiger charge is -2.32. The van der Waals surface area contributed by atoms with Crippen LogP contribution in [0.4, 0.5) is 0 Å². The molecule has 0 aliphatic carbocycles. The number of hydrogen-bond donors (Lipinski definition) is 0. The maximum Gasteiger partial charge on any atom is 0.587 e. The fourth-order valence-electron chi connectivity index (χ4n) is 4.39. The molecule has 0 spiro atoms. The van der Waals surface area contributed by atoms with Gasteiger partial charge in [-0.15, -0.1) is 0 Å². The van der Waals surface area contributed by atoms with Gasteiger partial charge in [0.1, 0.15) is 11.5 Å². The van der Waals surface area contributed by atoms with Crippen LogP contribution in [-0.2, 0) is 32.8 Å². The van der Waals surface area contributed by atoms with Gasteiger partial charge in [-0.3, -0.25) is 4.52 Å². The maximum atomic E-state index is 13.9. The van der Waals surface area contributed by atoms with Crippen molar-refractivity contribution < 1.29 is 18.1 Å². The van der Waals surface area contributed by atoms with E-state index in [1.165, 1.54) is 18.2 Å². The molecule has 0 amide bonds. The highest BCUT2D eigenvalue weighted by Gasteiger charge is 2.39. The SMILES string of the molecule is COP1(=O)Oc2c(cc(CC(C)C)cc2C(C)(C)C)Sc2cc(CC(C)C)cc(C(C)(C)C)c2O1. The van der Waals surface area contributed by atoms with Crippen molar-refractivity contribution in [3.8, 4) is 11.5 Å². The molecule has 0 radical (unpaired) electrons. The normalized spacial score (nSPS) is 15.7. The van der Waals surface area contributed by atoms with E-state index in [1.54, 1.807) is 11.8 Å². The van der Waals surface area contributed by atoms with Gasteiger partial charge in [-0.25, -0.2) is 4.57 Å². The van der Waals surface area contributed by atoms with Crippen LogP contribution in [0.1, 0.15) is 91.5 Å². The van der Waals surface area contributed by atoms with Crippen LogP contribution < -0.4 is 9.05 Å². The zero-order valence-corrected chi connectivity index (χ0v) is 25.1. The van der Waals surface area contributed by atoms with E-state index in [4.69, 9.17) is 13.6 Å². The van der Waals surface area contributed by atoms with Gasteiger partial charge in [0.25, 0.3) is 0 Å². The molecule has 0 aromatic heterocycles. The van der Waals surface area contributed by atoms with Crippen molar-refractivity contribution in [2.75, 3.05) is 7.11 Å². The largest absolute Gasteiger partial charge is 0.587 e. The summed E-state index contributed by atoms with van der Waals surface area (Å²) in [5.41, 5.74) is 4.10. The lowest BCUT2D eigenvalue weighted by Crippen LogP contribution is -2.19. The summed E-state index contributed by atoms with van der Waals surface area (Å²) in [6, 6.07) is 8.77. The Morgan fingerprint density at radius 1 is 0.771 bits per heavy atom. The molecule has 6 heteroatoms. The van der Waals surface area contributed by atoms with E-state index in [0.717, 1.165) is 33.8 Å². The van der Waals surface area contributed by atoms with E-state index in [0.29, 0.717) is 23.3 Å². The highest BCUT2D eigenvalue weighted by Crippen LogP contribution is 2.59. The Hall–Kier alpha value is -1.42. The molecular weight excluding hydrogens is 475 g/mol. The van der Waals surface area contributed by atoms with Gasteiger partial charge in [0.05, 0.1) is 9.79 Å². The number of benzene rings is 2. The van der Waals surface area contributed by atoms with E-state index >= 15 is 0 Å². The Bertz CT molecular complexity index is 1040. The standard InChI is InChI=1S/C29H43O4PS/c1-18(2)12-20-14-22(28(5,6)7)26-24(16-20)35-25-17-21(13-19(3)4)15-23(29(8,9)10)27(25)33-34(30,31-11)32-26/h14-19H,12-13H2,1-11H3. The van der Waals surface area contributed by atoms with Crippen LogP contribution >= 0.6 is 19.6 Å². The molecule has 0 saturated carbocycles. The Morgan fingerprint density at radius 3 is 1.43 bits per heavy atom. The van der Waals surface area contributed by atoms with Crippen LogP contribution in [0.2, 0.25) is 0 Å². The Balaban J connectivity index is 2.36. The molecule has 0 N–H and O–H groups in total. The maximum absolute atomic E-state index is 13.9. The predicted molar refractivity (Wildman–Crippen MR) is 147 cm³/mol. The molecule has 0 unspecified atom stereocenters. The summed E-state index contributed by atoms with van der Waals surface area (Å²) < 4.78 is 31.8. The zero-order chi connectivity index (χ0) is 26.3. The highest BCUT2D eigenvalue weighted by molar-refractivity contribution is 7.99. The molecule has 0 bridgehead atoms. The monoisotopic (exact) mass is 518 g/mol. The second-order valence-electron chi connectivity index (χ2n) is 12.6. The second-order valence-corrected chi connectivity index (χ2v) is 15.3. The van der Waals surface area contributed by atoms with E-state index in [-0.39, 0.29) is 10.8 Å². The fraction of sp³-hybridized carbons (Fsp3) is 0.586. The van der Waals surface area contributed by atoms with Crippen molar-refractivity contribution in [3.63, 3.8) is 0 Å². The Morgan fingerprint density at radius 2 is 1.14 bits per heavy atom. The van der Waals surface area contributed by atoms with Gasteiger partial charge in [0.15, 0.2) is 0 Å². The molecule has 35 heavy (non-hydrogen) atoms. The van der Waals surface area contributed by atoms with Crippen molar-refractivity contribution in [1.29, 1.82) is 0 Å². The van der Waals surface area contributed by atoms with Crippen LogP contribution in [0.3, 0.4) is 0 Å². The third-order valence-electron chi connectivity index (χ3n) is 5.98. The molecule has 0 saturated heterocycles. The Kier molecular flexibility index (Phi) is 8.16. The quantitative estimate of drug-likeness (QED) is 0.369. The number of phosphoric acid groups is 1. The summed E-state index contributed by atoms with van der Waals surface area (Å²) in [6.07, 6.45) is 1.92. The third-order valence-corrected chi connectivity index (χ3v) is 8.29. The number of rotatable bonds is 5. The van der Waals surface area contributed by atoms with Crippen LogP contribution in [0.15, 0.2) is 34.1 Å². The minimum absolute atomic E-state index is 0.214. The van der Waals surface area contributed by atoms with Gasteiger partial charge in [0.2, 0.25) is 0 Å². The van der Waals surface area contributed by atoms with Crippen molar-refractivity contribution in [1.82, 2.24) is 0 Å². The van der Waals surface area contributed by atoms with Gasteiger partial charge in [-0.05, 0) is 58.8 Å². The summed E-state index contributed by atoms with van der Waals surface area (Å²) in [5, 5.41) is 0. The molecule has 194 valence electrons. The fourth-order valence-corrected chi connectivity index (χ4v) is 6.68. The van der Waals surface area contributed by atoms with Crippen LogP contribution in [-0.4, -0.2) is 7.11 Å². The van der Waals surface area contributed by atoms with Crippen molar-refractivity contribution in [2.24, 2.45) is 11.8 Å². The highest BCUT2D eigenvalue weighted by atomic mass is 32.2. The summed E-state index contributed by atoms with van der Waals surface area (Å²) in [4.78, 5) is 1.91. The summed E-state index contributed by atoms with van der Waals surface area (Å²) >= 11 is 1.64. The van der Waals surface area contributed by atoms with E-state index in [1.807, 2.05) is 0 Å². The van der Waals surface area contributed by atoms with Crippen molar-refractivity contribution in [3.05, 3.63) is 46.5 Å². The first-order valence-corrected chi connectivity index (χ1v) is 14.9. The van der Waals surface area contributed by atoms with Crippen molar-refractivity contribution in [2.45, 2.75) is 103 Å². The van der Waals surface area contributed by atoms with Gasteiger partial charge in [-0.1, -0.05) is 93.1 Å². The van der Waals surface area contributed by atoms with Gasteiger partial charge in [-0.2, -0.15) is 0 Å². The number of fused-ring (bicyclic) bond motifs is 2. The van der Waals surface area contributed by atoms with Crippen LogP contribution in [0.25, 0.3) is 0 Å². The first-order chi connectivity index (χ1) is 16.0. The van der Waals surface area contributed by atoms with Gasteiger partial charge < -0.3 is 9.05 Å². The lowest BCUT2D eigenvalue weighted by atomic mass is 9.84. The average molecular weight is 519 g/mol. The molecule has 2 aromatic rings. The molecule has 1 heterocycles. The number of phosphoric ester groups is 1. The topological polar surface area (TPSA) is 44.8 Å². The molecule has 2 aromatic carbocycles. The van der Waals surface area contributed by atoms with Crippen LogP contribution in [0, 0.1) is 11.8 Å². The molecule has 0 fully saturated rings. The molecule has 1 aliphatic rings. The molecule has 4 nitrogen and oxygen atoms in total. The first-order valence-electron chi connectivity index (χ1n) is 12.6. The first kappa shape index (κ1) is 28.2. The second kappa shape index (κ2) is 10.1. The van der Waals surface area contributed by atoms with Gasteiger partial charge in [0, 0.05) is 18.2 Å². The average Bonchev–Trinajstić information content (AvgIpc) is 2.67. The van der Waals surface area contributed by atoms with E-state index in [9.17, 15) is 4.57 Å². The van der Waals surface area contributed by atoms with Crippen LogP contribution in [0.5, 0.6) is 11.5 Å². The molecule has 0 atom stereocenters. The Labute approximate surface area is 217 Å². The minimum Gasteiger partial charge on any atom is -0.394 e. The summed E-state index contributed by atoms with van der Waals surface area (Å²) in [5.74, 6) is 2.23. The predicted octanol–water partition coefficient (Wildman–Crippen LogP) is 9.36. The summed E-state index contributed by atoms with van der Waals surface area (Å²) in [6.45, 7) is 21.8. The smallest absolute Gasteiger partial charge is 0.394 e. The molecular formula is C29H43O4PS. The molecule has 1 aliphatic heterocycles.